The second kappa shape index (κ2) is 4.84. The highest BCUT2D eigenvalue weighted by Gasteiger charge is 2.28. The summed E-state index contributed by atoms with van der Waals surface area (Å²) in [7, 11) is 1.85. The number of pyridine rings is 1. The molecule has 2 heterocycles. The Morgan fingerprint density at radius 2 is 2.11 bits per heavy atom. The first-order chi connectivity index (χ1) is 9.25. The summed E-state index contributed by atoms with van der Waals surface area (Å²) in [6, 6.07) is 12.2. The van der Waals surface area contributed by atoms with Crippen LogP contribution in [0.4, 0.5) is 5.69 Å². The van der Waals surface area contributed by atoms with Crippen molar-refractivity contribution in [3.05, 3.63) is 59.9 Å². The molecule has 19 heavy (non-hydrogen) atoms. The van der Waals surface area contributed by atoms with Crippen LogP contribution in [-0.2, 0) is 11.2 Å². The predicted molar refractivity (Wildman–Crippen MR) is 75.2 cm³/mol. The molecule has 0 bridgehead atoms. The summed E-state index contributed by atoms with van der Waals surface area (Å²) < 4.78 is 0. The third kappa shape index (κ3) is 2.24. The Morgan fingerprint density at radius 3 is 2.89 bits per heavy atom. The molecule has 1 amide bonds. The minimum Gasteiger partial charge on any atom is -0.315 e. The lowest BCUT2D eigenvalue weighted by atomic mass is 9.85. The zero-order chi connectivity index (χ0) is 13.2. The van der Waals surface area contributed by atoms with Crippen molar-refractivity contribution in [1.82, 2.24) is 4.98 Å². The molecule has 0 spiro atoms. The van der Waals surface area contributed by atoms with Crippen molar-refractivity contribution in [2.45, 2.75) is 18.8 Å². The van der Waals surface area contributed by atoms with Gasteiger partial charge in [-0.05, 0) is 35.6 Å². The van der Waals surface area contributed by atoms with Crippen molar-refractivity contribution < 1.29 is 4.79 Å². The van der Waals surface area contributed by atoms with Gasteiger partial charge in [0.15, 0.2) is 0 Å². The molecular weight excluding hydrogens is 236 g/mol. The number of carbonyl (C=O) groups excluding carboxylic acids is 1. The molecule has 2 aromatic rings. The normalized spacial score (nSPS) is 18.3. The predicted octanol–water partition coefficient (Wildman–Crippen LogP) is 2.77. The van der Waals surface area contributed by atoms with E-state index in [-0.39, 0.29) is 11.8 Å². The fourth-order valence-corrected chi connectivity index (χ4v) is 2.72. The third-order valence-corrected chi connectivity index (χ3v) is 3.74. The highest BCUT2D eigenvalue weighted by Crippen LogP contribution is 2.36. The average molecular weight is 252 g/mol. The first-order valence-electron chi connectivity index (χ1n) is 6.50. The Bertz CT molecular complexity index is 595. The van der Waals surface area contributed by atoms with Crippen molar-refractivity contribution in [3.63, 3.8) is 0 Å². The van der Waals surface area contributed by atoms with Gasteiger partial charge < -0.3 is 4.90 Å². The van der Waals surface area contributed by atoms with Crippen LogP contribution in [0.3, 0.4) is 0 Å². The van der Waals surface area contributed by atoms with Crippen molar-refractivity contribution >= 4 is 11.6 Å². The van der Waals surface area contributed by atoms with Crippen LogP contribution in [0, 0.1) is 0 Å². The van der Waals surface area contributed by atoms with Gasteiger partial charge in [-0.15, -0.1) is 0 Å². The van der Waals surface area contributed by atoms with E-state index >= 15 is 0 Å². The lowest BCUT2D eigenvalue weighted by molar-refractivity contribution is -0.119. The molecule has 1 atom stereocenters. The number of nitrogens with zero attached hydrogens (tertiary/aromatic N) is 2. The first-order valence-corrected chi connectivity index (χ1v) is 6.50. The van der Waals surface area contributed by atoms with Gasteiger partial charge in [0, 0.05) is 31.5 Å². The first kappa shape index (κ1) is 11.9. The maximum atomic E-state index is 12.1. The standard InChI is InChI=1S/C16H16N2O/c1-18-15-7-3-2-6-14(15)13(10-16(18)19)9-12-5-4-8-17-11-12/h2-8,11,13H,9-10H2,1H3. The van der Waals surface area contributed by atoms with E-state index in [2.05, 4.69) is 17.1 Å². The molecule has 0 saturated heterocycles. The summed E-state index contributed by atoms with van der Waals surface area (Å²) in [5.74, 6) is 0.441. The Hall–Kier alpha value is -2.16. The fraction of sp³-hybridized carbons (Fsp3) is 0.250. The number of benzene rings is 1. The minimum atomic E-state index is 0.188. The van der Waals surface area contributed by atoms with Crippen LogP contribution < -0.4 is 4.90 Å². The summed E-state index contributed by atoms with van der Waals surface area (Å²) in [6.45, 7) is 0. The lowest BCUT2D eigenvalue weighted by Gasteiger charge is -2.31. The number of para-hydroxylation sites is 1. The smallest absolute Gasteiger partial charge is 0.227 e. The van der Waals surface area contributed by atoms with Crippen molar-refractivity contribution in [2.75, 3.05) is 11.9 Å². The second-order valence-electron chi connectivity index (χ2n) is 4.98. The van der Waals surface area contributed by atoms with Gasteiger partial charge in [-0.2, -0.15) is 0 Å². The SMILES string of the molecule is CN1C(=O)CC(Cc2cccnc2)c2ccccc21. The van der Waals surface area contributed by atoms with Crippen LogP contribution in [0.5, 0.6) is 0 Å². The van der Waals surface area contributed by atoms with E-state index in [1.807, 2.05) is 37.5 Å². The monoisotopic (exact) mass is 252 g/mol. The molecule has 96 valence electrons. The van der Waals surface area contributed by atoms with Gasteiger partial charge in [0.25, 0.3) is 0 Å². The van der Waals surface area contributed by atoms with E-state index in [0.717, 1.165) is 12.1 Å². The van der Waals surface area contributed by atoms with E-state index in [4.69, 9.17) is 0 Å². The van der Waals surface area contributed by atoms with Gasteiger partial charge in [-0.3, -0.25) is 9.78 Å². The van der Waals surface area contributed by atoms with Crippen molar-refractivity contribution in [2.24, 2.45) is 0 Å². The highest BCUT2D eigenvalue weighted by atomic mass is 16.2. The van der Waals surface area contributed by atoms with Crippen molar-refractivity contribution in [3.8, 4) is 0 Å². The maximum absolute atomic E-state index is 12.1. The molecule has 3 rings (SSSR count). The van der Waals surface area contributed by atoms with Gasteiger partial charge in [0.1, 0.15) is 0 Å². The number of anilines is 1. The Balaban J connectivity index is 1.95. The topological polar surface area (TPSA) is 33.2 Å². The van der Waals surface area contributed by atoms with Crippen molar-refractivity contribution in [1.29, 1.82) is 0 Å². The average Bonchev–Trinajstić information content (AvgIpc) is 2.46. The maximum Gasteiger partial charge on any atom is 0.227 e. The number of hydrogen-bond donors (Lipinski definition) is 0. The van der Waals surface area contributed by atoms with Crippen LogP contribution in [-0.4, -0.2) is 17.9 Å². The summed E-state index contributed by atoms with van der Waals surface area (Å²) in [5.41, 5.74) is 3.47. The molecule has 0 N–H and O–H groups in total. The number of hydrogen-bond acceptors (Lipinski definition) is 2. The zero-order valence-electron chi connectivity index (χ0n) is 10.9. The van der Waals surface area contributed by atoms with Gasteiger partial charge in [0.05, 0.1) is 0 Å². The third-order valence-electron chi connectivity index (χ3n) is 3.74. The molecule has 3 nitrogen and oxygen atoms in total. The van der Waals surface area contributed by atoms with Crippen LogP contribution in [0.15, 0.2) is 48.8 Å². The number of fused-ring (bicyclic) bond motifs is 1. The van der Waals surface area contributed by atoms with E-state index in [1.165, 1.54) is 11.1 Å². The number of amides is 1. The molecule has 3 heteroatoms. The molecule has 0 radical (unpaired) electrons. The van der Waals surface area contributed by atoms with Crippen LogP contribution >= 0.6 is 0 Å². The molecule has 1 aliphatic heterocycles. The molecule has 0 fully saturated rings. The van der Waals surface area contributed by atoms with Gasteiger partial charge in [-0.25, -0.2) is 0 Å². The minimum absolute atomic E-state index is 0.188. The Labute approximate surface area is 112 Å². The molecule has 1 aromatic carbocycles. The fourth-order valence-electron chi connectivity index (χ4n) is 2.72. The van der Waals surface area contributed by atoms with E-state index < -0.39 is 0 Å². The zero-order valence-corrected chi connectivity index (χ0v) is 10.9. The molecule has 1 aromatic heterocycles. The Morgan fingerprint density at radius 1 is 1.26 bits per heavy atom. The molecular formula is C16H16N2O. The number of rotatable bonds is 2. The van der Waals surface area contributed by atoms with E-state index in [1.54, 1.807) is 11.1 Å². The highest BCUT2D eigenvalue weighted by molar-refractivity contribution is 5.96. The summed E-state index contributed by atoms with van der Waals surface area (Å²) in [5, 5.41) is 0. The van der Waals surface area contributed by atoms with Crippen LogP contribution in [0.1, 0.15) is 23.5 Å². The summed E-state index contributed by atoms with van der Waals surface area (Å²) >= 11 is 0. The Kier molecular flexibility index (Phi) is 3.03. The quantitative estimate of drug-likeness (QED) is 0.823. The summed E-state index contributed by atoms with van der Waals surface area (Å²) in [4.78, 5) is 18.0. The lowest BCUT2D eigenvalue weighted by Crippen LogP contribution is -2.33. The van der Waals surface area contributed by atoms with Crippen LogP contribution in [0.25, 0.3) is 0 Å². The van der Waals surface area contributed by atoms with E-state index in [9.17, 15) is 4.79 Å². The van der Waals surface area contributed by atoms with Gasteiger partial charge >= 0.3 is 0 Å². The molecule has 1 aliphatic rings. The molecule has 0 aliphatic carbocycles. The second-order valence-corrected chi connectivity index (χ2v) is 4.98. The van der Waals surface area contributed by atoms with Gasteiger partial charge in [-0.1, -0.05) is 24.3 Å². The number of carbonyl (C=O) groups is 1. The molecule has 1 unspecified atom stereocenters. The van der Waals surface area contributed by atoms with Crippen LogP contribution in [0.2, 0.25) is 0 Å². The van der Waals surface area contributed by atoms with E-state index in [0.29, 0.717) is 6.42 Å². The van der Waals surface area contributed by atoms with Gasteiger partial charge in [0.2, 0.25) is 5.91 Å². The number of aromatic nitrogens is 1. The molecule has 0 saturated carbocycles. The summed E-state index contributed by atoms with van der Waals surface area (Å²) in [6.07, 6.45) is 5.09. The largest absolute Gasteiger partial charge is 0.315 e.